The molecule has 0 unspecified atom stereocenters. The van der Waals surface area contributed by atoms with Crippen molar-refractivity contribution in [3.63, 3.8) is 0 Å². The molecule has 2 N–H and O–H groups in total. The van der Waals surface area contributed by atoms with Crippen LogP contribution in [-0.2, 0) is 0 Å². The first-order valence-corrected chi connectivity index (χ1v) is 8.55. The molecule has 1 aromatic rings. The van der Waals surface area contributed by atoms with Crippen molar-refractivity contribution in [1.82, 2.24) is 5.32 Å². The zero-order chi connectivity index (χ0) is 15.1. The van der Waals surface area contributed by atoms with Gasteiger partial charge in [0.15, 0.2) is 0 Å². The molecule has 1 saturated carbocycles. The molecular formula is C17H21NO2S. The number of hydrogen-bond acceptors (Lipinski definition) is 3. The number of amides is 1. The summed E-state index contributed by atoms with van der Waals surface area (Å²) < 4.78 is 0. The number of rotatable bonds is 3. The summed E-state index contributed by atoms with van der Waals surface area (Å²) in [6.45, 7) is -0.152. The monoisotopic (exact) mass is 303 g/mol. The number of carbonyl (C=O) groups is 1. The molecule has 21 heavy (non-hydrogen) atoms. The van der Waals surface area contributed by atoms with Gasteiger partial charge in [0, 0.05) is 22.4 Å². The molecule has 2 rings (SSSR count). The molecule has 0 heterocycles. The van der Waals surface area contributed by atoms with E-state index in [-0.39, 0.29) is 12.5 Å². The highest BCUT2D eigenvalue weighted by molar-refractivity contribution is 7.99. The number of carbonyl (C=O) groups excluding carboxylic acids is 1. The molecule has 1 amide bonds. The summed E-state index contributed by atoms with van der Waals surface area (Å²) in [7, 11) is 0. The molecule has 1 aliphatic carbocycles. The molecule has 0 atom stereocenters. The largest absolute Gasteiger partial charge is 0.384 e. The number of thioether (sulfide) groups is 1. The maximum absolute atomic E-state index is 12.2. The SMILES string of the molecule is CSC1CCC(NC(=O)c2ccc(C#CCO)cc2)CC1. The van der Waals surface area contributed by atoms with Crippen LogP contribution in [0, 0.1) is 11.8 Å². The zero-order valence-electron chi connectivity index (χ0n) is 12.3. The zero-order valence-corrected chi connectivity index (χ0v) is 13.1. The fraction of sp³-hybridized carbons (Fsp3) is 0.471. The van der Waals surface area contributed by atoms with E-state index >= 15 is 0 Å². The number of nitrogens with one attached hydrogen (secondary N) is 1. The first-order valence-electron chi connectivity index (χ1n) is 7.26. The Bertz CT molecular complexity index is 522. The van der Waals surface area contributed by atoms with Gasteiger partial charge in [-0.25, -0.2) is 0 Å². The molecule has 0 radical (unpaired) electrons. The van der Waals surface area contributed by atoms with Crippen LogP contribution in [0.4, 0.5) is 0 Å². The Kier molecular flexibility index (Phi) is 6.16. The van der Waals surface area contributed by atoms with Crippen LogP contribution < -0.4 is 5.32 Å². The number of aliphatic hydroxyl groups excluding tert-OH is 1. The minimum Gasteiger partial charge on any atom is -0.384 e. The summed E-state index contributed by atoms with van der Waals surface area (Å²) >= 11 is 1.93. The van der Waals surface area contributed by atoms with Crippen molar-refractivity contribution in [2.24, 2.45) is 0 Å². The van der Waals surface area contributed by atoms with Crippen LogP contribution in [-0.4, -0.2) is 35.2 Å². The third-order valence-corrected chi connectivity index (χ3v) is 4.94. The summed E-state index contributed by atoms with van der Waals surface area (Å²) in [6.07, 6.45) is 6.66. The second kappa shape index (κ2) is 8.11. The van der Waals surface area contributed by atoms with E-state index < -0.39 is 0 Å². The Morgan fingerprint density at radius 2 is 1.95 bits per heavy atom. The van der Waals surface area contributed by atoms with Crippen LogP contribution >= 0.6 is 11.8 Å². The Balaban J connectivity index is 1.88. The first kappa shape index (κ1) is 15.9. The molecule has 1 aliphatic rings. The van der Waals surface area contributed by atoms with Crippen LogP contribution in [0.2, 0.25) is 0 Å². The van der Waals surface area contributed by atoms with Gasteiger partial charge in [-0.15, -0.1) is 0 Å². The van der Waals surface area contributed by atoms with E-state index in [9.17, 15) is 4.79 Å². The standard InChI is InChI=1S/C17H21NO2S/c1-21-16-10-8-15(9-11-16)18-17(20)14-6-4-13(5-7-14)3-2-12-19/h4-7,15-16,19H,8-12H2,1H3,(H,18,20). The van der Waals surface area contributed by atoms with Gasteiger partial charge in [-0.05, 0) is 56.2 Å². The third-order valence-electron chi connectivity index (χ3n) is 3.80. The van der Waals surface area contributed by atoms with Gasteiger partial charge in [-0.3, -0.25) is 4.79 Å². The van der Waals surface area contributed by atoms with Crippen LogP contribution in [0.15, 0.2) is 24.3 Å². The molecule has 0 saturated heterocycles. The Hall–Kier alpha value is -1.44. The van der Waals surface area contributed by atoms with E-state index in [1.807, 2.05) is 23.9 Å². The normalized spacial score (nSPS) is 21.2. The molecule has 3 nitrogen and oxygen atoms in total. The summed E-state index contributed by atoms with van der Waals surface area (Å²) in [5.41, 5.74) is 1.47. The van der Waals surface area contributed by atoms with Gasteiger partial charge in [-0.1, -0.05) is 11.8 Å². The maximum atomic E-state index is 12.2. The number of aliphatic hydroxyl groups is 1. The van der Waals surface area contributed by atoms with Gasteiger partial charge in [-0.2, -0.15) is 11.8 Å². The molecular weight excluding hydrogens is 282 g/mol. The highest BCUT2D eigenvalue weighted by atomic mass is 32.2. The van der Waals surface area contributed by atoms with Crippen molar-refractivity contribution in [3.05, 3.63) is 35.4 Å². The Morgan fingerprint density at radius 3 is 2.52 bits per heavy atom. The average Bonchev–Trinajstić information content (AvgIpc) is 2.54. The molecule has 0 bridgehead atoms. The minimum atomic E-state index is -0.152. The number of benzene rings is 1. The van der Waals surface area contributed by atoms with Crippen molar-refractivity contribution >= 4 is 17.7 Å². The fourth-order valence-corrected chi connectivity index (χ4v) is 3.30. The summed E-state index contributed by atoms with van der Waals surface area (Å²) in [6, 6.07) is 7.48. The van der Waals surface area contributed by atoms with Crippen LogP contribution in [0.5, 0.6) is 0 Å². The predicted molar refractivity (Wildman–Crippen MR) is 87.4 cm³/mol. The van der Waals surface area contributed by atoms with Crippen LogP contribution in [0.25, 0.3) is 0 Å². The Labute approximate surface area is 130 Å². The fourth-order valence-electron chi connectivity index (χ4n) is 2.56. The molecule has 0 aliphatic heterocycles. The highest BCUT2D eigenvalue weighted by Crippen LogP contribution is 2.26. The summed E-state index contributed by atoms with van der Waals surface area (Å²) in [4.78, 5) is 12.2. The van der Waals surface area contributed by atoms with E-state index in [0.717, 1.165) is 23.7 Å². The van der Waals surface area contributed by atoms with Crippen molar-refractivity contribution in [3.8, 4) is 11.8 Å². The molecule has 1 aromatic carbocycles. The molecule has 0 aromatic heterocycles. The predicted octanol–water partition coefficient (Wildman–Crippen LogP) is 2.43. The lowest BCUT2D eigenvalue weighted by Crippen LogP contribution is -2.38. The lowest BCUT2D eigenvalue weighted by molar-refractivity contribution is 0.0928. The molecule has 0 spiro atoms. The van der Waals surface area contributed by atoms with Gasteiger partial charge in [0.25, 0.3) is 5.91 Å². The third kappa shape index (κ3) is 4.80. The van der Waals surface area contributed by atoms with E-state index in [1.165, 1.54) is 12.8 Å². The first-order chi connectivity index (χ1) is 10.2. The van der Waals surface area contributed by atoms with E-state index in [0.29, 0.717) is 11.6 Å². The van der Waals surface area contributed by atoms with Gasteiger partial charge in [0.05, 0.1) is 0 Å². The van der Waals surface area contributed by atoms with Gasteiger partial charge in [0.1, 0.15) is 6.61 Å². The average molecular weight is 303 g/mol. The molecule has 112 valence electrons. The topological polar surface area (TPSA) is 49.3 Å². The van der Waals surface area contributed by atoms with Gasteiger partial charge in [0.2, 0.25) is 0 Å². The van der Waals surface area contributed by atoms with E-state index in [4.69, 9.17) is 5.11 Å². The van der Waals surface area contributed by atoms with Gasteiger partial charge >= 0.3 is 0 Å². The lowest BCUT2D eigenvalue weighted by Gasteiger charge is -2.28. The minimum absolute atomic E-state index is 0.00994. The highest BCUT2D eigenvalue weighted by Gasteiger charge is 2.21. The van der Waals surface area contributed by atoms with Crippen molar-refractivity contribution in [2.75, 3.05) is 12.9 Å². The lowest BCUT2D eigenvalue weighted by atomic mass is 9.94. The smallest absolute Gasteiger partial charge is 0.251 e. The van der Waals surface area contributed by atoms with Crippen LogP contribution in [0.3, 0.4) is 0 Å². The van der Waals surface area contributed by atoms with Crippen molar-refractivity contribution < 1.29 is 9.90 Å². The van der Waals surface area contributed by atoms with E-state index in [2.05, 4.69) is 23.4 Å². The Morgan fingerprint density at radius 1 is 1.29 bits per heavy atom. The quantitative estimate of drug-likeness (QED) is 0.843. The van der Waals surface area contributed by atoms with E-state index in [1.54, 1.807) is 12.1 Å². The van der Waals surface area contributed by atoms with Crippen molar-refractivity contribution in [2.45, 2.75) is 37.0 Å². The summed E-state index contributed by atoms with van der Waals surface area (Å²) in [5, 5.41) is 12.5. The molecule has 1 fully saturated rings. The summed E-state index contributed by atoms with van der Waals surface area (Å²) in [5.74, 6) is 5.40. The second-order valence-corrected chi connectivity index (χ2v) is 6.36. The van der Waals surface area contributed by atoms with Gasteiger partial charge < -0.3 is 10.4 Å². The number of hydrogen-bond donors (Lipinski definition) is 2. The van der Waals surface area contributed by atoms with Crippen molar-refractivity contribution in [1.29, 1.82) is 0 Å². The molecule has 4 heteroatoms. The maximum Gasteiger partial charge on any atom is 0.251 e. The second-order valence-electron chi connectivity index (χ2n) is 5.22. The van der Waals surface area contributed by atoms with Crippen LogP contribution in [0.1, 0.15) is 41.6 Å².